The van der Waals surface area contributed by atoms with Gasteiger partial charge in [-0.15, -0.1) is 5.10 Å². The first-order chi connectivity index (χ1) is 9.69. The first kappa shape index (κ1) is 12.6. The Morgan fingerprint density at radius 3 is 2.85 bits per heavy atom. The third kappa shape index (κ3) is 2.12. The van der Waals surface area contributed by atoms with Gasteiger partial charge in [0.15, 0.2) is 5.69 Å². The molecule has 0 amide bonds. The Bertz CT molecular complexity index is 636. The van der Waals surface area contributed by atoms with Gasteiger partial charge in [0.1, 0.15) is 11.9 Å². The van der Waals surface area contributed by atoms with Gasteiger partial charge in [-0.3, -0.25) is 0 Å². The standard InChI is InChI=1S/C13H13N3O4/c1-19-9-4-2-8(3-5-9)11-6-16-10(7-20-11)12(13(17)18)14-15-16/h2-5,11H,6-7H2,1H3,(H,17,18)/t11-/m0/s1. The predicted molar refractivity (Wildman–Crippen MR) is 67.5 cm³/mol. The number of rotatable bonds is 3. The van der Waals surface area contributed by atoms with Crippen LogP contribution in [0.4, 0.5) is 0 Å². The molecule has 1 aliphatic rings. The highest BCUT2D eigenvalue weighted by Gasteiger charge is 2.27. The molecule has 0 spiro atoms. The molecular formula is C13H13N3O4. The number of benzene rings is 1. The van der Waals surface area contributed by atoms with Crippen molar-refractivity contribution in [2.75, 3.05) is 7.11 Å². The van der Waals surface area contributed by atoms with Crippen molar-refractivity contribution in [2.45, 2.75) is 19.3 Å². The Kier molecular flexibility index (Phi) is 3.11. The van der Waals surface area contributed by atoms with Crippen LogP contribution in [-0.2, 0) is 17.9 Å². The number of fused-ring (bicyclic) bond motifs is 1. The molecule has 2 aromatic rings. The minimum Gasteiger partial charge on any atom is -0.497 e. The summed E-state index contributed by atoms with van der Waals surface area (Å²) in [4.78, 5) is 11.0. The van der Waals surface area contributed by atoms with Crippen LogP contribution in [0, 0.1) is 0 Å². The maximum atomic E-state index is 11.0. The average molecular weight is 275 g/mol. The van der Waals surface area contributed by atoms with E-state index < -0.39 is 5.97 Å². The van der Waals surface area contributed by atoms with Crippen molar-refractivity contribution in [3.8, 4) is 5.75 Å². The van der Waals surface area contributed by atoms with Gasteiger partial charge in [0.25, 0.3) is 0 Å². The summed E-state index contributed by atoms with van der Waals surface area (Å²) in [5, 5.41) is 16.5. The second-order valence-corrected chi connectivity index (χ2v) is 4.44. The van der Waals surface area contributed by atoms with Crippen LogP contribution in [0.5, 0.6) is 5.75 Å². The number of hydrogen-bond donors (Lipinski definition) is 1. The number of aromatic carboxylic acids is 1. The summed E-state index contributed by atoms with van der Waals surface area (Å²) < 4.78 is 12.4. The zero-order valence-electron chi connectivity index (χ0n) is 10.8. The van der Waals surface area contributed by atoms with Crippen molar-refractivity contribution in [1.29, 1.82) is 0 Å². The Morgan fingerprint density at radius 1 is 1.45 bits per heavy atom. The van der Waals surface area contributed by atoms with Crippen LogP contribution in [0.25, 0.3) is 0 Å². The zero-order valence-corrected chi connectivity index (χ0v) is 10.8. The van der Waals surface area contributed by atoms with Crippen molar-refractivity contribution in [3.63, 3.8) is 0 Å². The van der Waals surface area contributed by atoms with Gasteiger partial charge in [0.05, 0.1) is 26.0 Å². The maximum absolute atomic E-state index is 11.0. The van der Waals surface area contributed by atoms with E-state index in [0.29, 0.717) is 12.2 Å². The Labute approximate surface area is 114 Å². The molecule has 0 bridgehead atoms. The van der Waals surface area contributed by atoms with Crippen LogP contribution in [-0.4, -0.2) is 33.2 Å². The summed E-state index contributed by atoms with van der Waals surface area (Å²) in [7, 11) is 1.61. The molecular weight excluding hydrogens is 262 g/mol. The van der Waals surface area contributed by atoms with Crippen molar-refractivity contribution in [2.24, 2.45) is 0 Å². The van der Waals surface area contributed by atoms with Gasteiger partial charge < -0.3 is 14.6 Å². The molecule has 2 heterocycles. The predicted octanol–water partition coefficient (Wildman–Crippen LogP) is 1.26. The van der Waals surface area contributed by atoms with Gasteiger partial charge in [-0.1, -0.05) is 17.3 Å². The van der Waals surface area contributed by atoms with E-state index in [2.05, 4.69) is 10.3 Å². The third-order valence-electron chi connectivity index (χ3n) is 3.29. The smallest absolute Gasteiger partial charge is 0.358 e. The van der Waals surface area contributed by atoms with Crippen molar-refractivity contribution >= 4 is 5.97 Å². The maximum Gasteiger partial charge on any atom is 0.358 e. The van der Waals surface area contributed by atoms with E-state index in [0.717, 1.165) is 11.3 Å². The van der Waals surface area contributed by atoms with E-state index in [9.17, 15) is 4.79 Å². The number of carboxylic acids is 1. The van der Waals surface area contributed by atoms with E-state index in [1.807, 2.05) is 24.3 Å². The van der Waals surface area contributed by atoms with Gasteiger partial charge in [-0.2, -0.15) is 0 Å². The number of hydrogen-bond acceptors (Lipinski definition) is 5. The van der Waals surface area contributed by atoms with Gasteiger partial charge >= 0.3 is 5.97 Å². The van der Waals surface area contributed by atoms with Crippen molar-refractivity contribution in [3.05, 3.63) is 41.2 Å². The minimum atomic E-state index is -1.09. The second-order valence-electron chi connectivity index (χ2n) is 4.44. The highest BCUT2D eigenvalue weighted by atomic mass is 16.5. The molecule has 20 heavy (non-hydrogen) atoms. The lowest BCUT2D eigenvalue weighted by Crippen LogP contribution is -2.23. The Morgan fingerprint density at radius 2 is 2.20 bits per heavy atom. The summed E-state index contributed by atoms with van der Waals surface area (Å²) >= 11 is 0. The molecule has 1 aromatic carbocycles. The first-order valence-electron chi connectivity index (χ1n) is 6.10. The number of carbonyl (C=O) groups is 1. The second kappa shape index (κ2) is 4.93. The number of aromatic nitrogens is 3. The summed E-state index contributed by atoms with van der Waals surface area (Å²) in [5.74, 6) is -0.308. The summed E-state index contributed by atoms with van der Waals surface area (Å²) in [6.45, 7) is 0.632. The number of nitrogens with zero attached hydrogens (tertiary/aromatic N) is 3. The third-order valence-corrected chi connectivity index (χ3v) is 3.29. The van der Waals surface area contributed by atoms with E-state index in [1.165, 1.54) is 0 Å². The van der Waals surface area contributed by atoms with Crippen molar-refractivity contribution < 1.29 is 19.4 Å². The molecule has 1 atom stereocenters. The Hall–Kier alpha value is -2.41. The van der Waals surface area contributed by atoms with Crippen LogP contribution >= 0.6 is 0 Å². The topological polar surface area (TPSA) is 86.5 Å². The van der Waals surface area contributed by atoms with E-state index in [-0.39, 0.29) is 18.4 Å². The fourth-order valence-corrected chi connectivity index (χ4v) is 2.20. The van der Waals surface area contributed by atoms with Crippen LogP contribution in [0.3, 0.4) is 0 Å². The summed E-state index contributed by atoms with van der Waals surface area (Å²) in [6.07, 6.45) is -0.170. The lowest BCUT2D eigenvalue weighted by Gasteiger charge is -2.24. The molecule has 1 aliphatic heterocycles. The fraction of sp³-hybridized carbons (Fsp3) is 0.308. The molecule has 3 rings (SSSR count). The highest BCUT2D eigenvalue weighted by Crippen LogP contribution is 2.28. The van der Waals surface area contributed by atoms with Gasteiger partial charge in [-0.05, 0) is 17.7 Å². The minimum absolute atomic E-state index is 0.0434. The average Bonchev–Trinajstić information content (AvgIpc) is 2.90. The molecule has 1 N–H and O–H groups in total. The lowest BCUT2D eigenvalue weighted by molar-refractivity contribution is -0.00208. The molecule has 0 radical (unpaired) electrons. The summed E-state index contributed by atoms with van der Waals surface area (Å²) in [6, 6.07) is 7.56. The van der Waals surface area contributed by atoms with Crippen molar-refractivity contribution in [1.82, 2.24) is 15.0 Å². The zero-order chi connectivity index (χ0) is 14.1. The summed E-state index contributed by atoms with van der Waals surface area (Å²) in [5.41, 5.74) is 1.45. The molecule has 0 unspecified atom stereocenters. The monoisotopic (exact) mass is 275 g/mol. The Balaban J connectivity index is 1.83. The molecule has 0 saturated carbocycles. The van der Waals surface area contributed by atoms with E-state index in [1.54, 1.807) is 11.8 Å². The van der Waals surface area contributed by atoms with Crippen LogP contribution in [0.15, 0.2) is 24.3 Å². The van der Waals surface area contributed by atoms with Crippen LogP contribution in [0.1, 0.15) is 27.8 Å². The molecule has 0 saturated heterocycles. The van der Waals surface area contributed by atoms with Crippen LogP contribution in [0.2, 0.25) is 0 Å². The molecule has 0 aliphatic carbocycles. The SMILES string of the molecule is COc1ccc([C@@H]2Cn3nnc(C(=O)O)c3CO2)cc1. The van der Waals surface area contributed by atoms with E-state index in [4.69, 9.17) is 14.6 Å². The first-order valence-corrected chi connectivity index (χ1v) is 6.10. The molecule has 1 aromatic heterocycles. The van der Waals surface area contributed by atoms with Gasteiger partial charge in [0.2, 0.25) is 0 Å². The number of methoxy groups -OCH3 is 1. The molecule has 7 heteroatoms. The highest BCUT2D eigenvalue weighted by molar-refractivity contribution is 5.86. The quantitative estimate of drug-likeness (QED) is 0.907. The number of ether oxygens (including phenoxy) is 2. The van der Waals surface area contributed by atoms with Gasteiger partial charge in [0, 0.05) is 0 Å². The fourth-order valence-electron chi connectivity index (χ4n) is 2.20. The van der Waals surface area contributed by atoms with Gasteiger partial charge in [-0.25, -0.2) is 9.48 Å². The molecule has 104 valence electrons. The number of carboxylic acid groups (broad SMARTS) is 1. The lowest BCUT2D eigenvalue weighted by atomic mass is 10.1. The molecule has 0 fully saturated rings. The van der Waals surface area contributed by atoms with E-state index >= 15 is 0 Å². The largest absolute Gasteiger partial charge is 0.497 e. The molecule has 7 nitrogen and oxygen atoms in total. The normalized spacial score (nSPS) is 17.6. The van der Waals surface area contributed by atoms with Crippen LogP contribution < -0.4 is 4.74 Å².